The third-order valence-electron chi connectivity index (χ3n) is 5.83. The molecule has 4 rings (SSSR count). The fourth-order valence-electron chi connectivity index (χ4n) is 4.74. The van der Waals surface area contributed by atoms with Crippen LogP contribution in [0.15, 0.2) is 24.4 Å². The van der Waals surface area contributed by atoms with Gasteiger partial charge >= 0.3 is 6.18 Å². The second kappa shape index (κ2) is 6.45. The van der Waals surface area contributed by atoms with Gasteiger partial charge in [-0.15, -0.1) is 0 Å². The summed E-state index contributed by atoms with van der Waals surface area (Å²) in [7, 11) is 0. The van der Waals surface area contributed by atoms with Gasteiger partial charge < -0.3 is 4.90 Å². The summed E-state index contributed by atoms with van der Waals surface area (Å²) in [5, 5.41) is 0. The van der Waals surface area contributed by atoms with E-state index in [0.717, 1.165) is 4.90 Å². The first-order chi connectivity index (χ1) is 12.3. The lowest BCUT2D eigenvalue weighted by Crippen LogP contribution is -2.64. The predicted octanol–water partition coefficient (Wildman–Crippen LogP) is 1.78. The Balaban J connectivity index is 1.66. The van der Waals surface area contributed by atoms with Gasteiger partial charge in [-0.25, -0.2) is 4.39 Å². The number of hydrazine groups is 1. The molecular formula is C17H20F4N4O. The fraction of sp³-hybridized carbons (Fsp3) is 0.647. The summed E-state index contributed by atoms with van der Waals surface area (Å²) in [6.45, 7) is -1.02. The minimum atomic E-state index is -4.49. The van der Waals surface area contributed by atoms with Crippen molar-refractivity contribution in [3.05, 3.63) is 30.1 Å². The van der Waals surface area contributed by atoms with E-state index in [1.807, 2.05) is 0 Å². The Morgan fingerprint density at radius 3 is 2.73 bits per heavy atom. The molecule has 6 atom stereocenters. The minimum Gasteiger partial charge on any atom is -0.330 e. The largest absolute Gasteiger partial charge is 0.406 e. The highest BCUT2D eigenvalue weighted by Gasteiger charge is 2.56. The molecular weight excluding hydrogens is 352 g/mol. The lowest BCUT2D eigenvalue weighted by Gasteiger charge is -2.51. The number of amides is 1. The van der Waals surface area contributed by atoms with Crippen molar-refractivity contribution in [1.82, 2.24) is 20.7 Å². The SMILES string of the molecule is O=C1C2CNNC2C2CC(F)C(c3ccccn3)CC2N1CC(F)(F)F. The first kappa shape index (κ1) is 17.7. The maximum atomic E-state index is 14.9. The van der Waals surface area contributed by atoms with Gasteiger partial charge in [0.15, 0.2) is 0 Å². The van der Waals surface area contributed by atoms with Crippen LogP contribution in [0, 0.1) is 11.8 Å². The van der Waals surface area contributed by atoms with Crippen molar-refractivity contribution in [3.8, 4) is 0 Å². The summed E-state index contributed by atoms with van der Waals surface area (Å²) < 4.78 is 54.2. The van der Waals surface area contributed by atoms with E-state index in [1.165, 1.54) is 0 Å². The summed E-state index contributed by atoms with van der Waals surface area (Å²) in [6, 6.07) is 4.14. The van der Waals surface area contributed by atoms with E-state index in [1.54, 1.807) is 24.4 Å². The predicted molar refractivity (Wildman–Crippen MR) is 84.6 cm³/mol. The van der Waals surface area contributed by atoms with Crippen LogP contribution in [0.25, 0.3) is 0 Å². The van der Waals surface area contributed by atoms with Gasteiger partial charge in [0.2, 0.25) is 5.91 Å². The maximum absolute atomic E-state index is 14.9. The van der Waals surface area contributed by atoms with Crippen LogP contribution in [0.1, 0.15) is 24.5 Å². The van der Waals surface area contributed by atoms with Gasteiger partial charge in [-0.2, -0.15) is 13.2 Å². The van der Waals surface area contributed by atoms with E-state index >= 15 is 0 Å². The van der Waals surface area contributed by atoms with E-state index in [0.29, 0.717) is 5.69 Å². The molecule has 1 amide bonds. The van der Waals surface area contributed by atoms with E-state index in [4.69, 9.17) is 0 Å². The van der Waals surface area contributed by atoms with E-state index in [2.05, 4.69) is 15.8 Å². The van der Waals surface area contributed by atoms with Crippen molar-refractivity contribution in [2.45, 2.75) is 43.2 Å². The number of hydrogen-bond acceptors (Lipinski definition) is 4. The molecule has 2 aliphatic heterocycles. The molecule has 6 unspecified atom stereocenters. The Morgan fingerprint density at radius 1 is 1.23 bits per heavy atom. The van der Waals surface area contributed by atoms with Crippen LogP contribution in [0.2, 0.25) is 0 Å². The number of nitrogens with one attached hydrogen (secondary N) is 2. The van der Waals surface area contributed by atoms with E-state index in [9.17, 15) is 22.4 Å². The molecule has 1 aromatic heterocycles. The number of carbonyl (C=O) groups excluding carboxylic acids is 1. The monoisotopic (exact) mass is 372 g/mol. The van der Waals surface area contributed by atoms with Gasteiger partial charge in [0.05, 0.1) is 5.92 Å². The lowest BCUT2D eigenvalue weighted by atomic mass is 9.67. The summed E-state index contributed by atoms with van der Waals surface area (Å²) in [6.07, 6.45) is -3.87. The van der Waals surface area contributed by atoms with Crippen molar-refractivity contribution in [2.75, 3.05) is 13.1 Å². The lowest BCUT2D eigenvalue weighted by molar-refractivity contribution is -0.180. The molecule has 2 saturated heterocycles. The average Bonchev–Trinajstić information content (AvgIpc) is 3.08. The minimum absolute atomic E-state index is 0.114. The summed E-state index contributed by atoms with van der Waals surface area (Å²) >= 11 is 0. The third-order valence-corrected chi connectivity index (χ3v) is 5.83. The van der Waals surface area contributed by atoms with Gasteiger partial charge in [0, 0.05) is 36.4 Å². The molecule has 0 bridgehead atoms. The van der Waals surface area contributed by atoms with Gasteiger partial charge in [0.1, 0.15) is 12.7 Å². The van der Waals surface area contributed by atoms with E-state index in [-0.39, 0.29) is 31.3 Å². The zero-order valence-corrected chi connectivity index (χ0v) is 13.9. The Labute approximate surface area is 148 Å². The number of pyridine rings is 1. The number of alkyl halides is 4. The normalized spacial score (nSPS) is 37.4. The molecule has 3 fully saturated rings. The van der Waals surface area contributed by atoms with Crippen molar-refractivity contribution in [1.29, 1.82) is 0 Å². The fourth-order valence-corrected chi connectivity index (χ4v) is 4.74. The summed E-state index contributed by atoms with van der Waals surface area (Å²) in [5.41, 5.74) is 6.37. The van der Waals surface area contributed by atoms with Crippen molar-refractivity contribution in [3.63, 3.8) is 0 Å². The molecule has 26 heavy (non-hydrogen) atoms. The van der Waals surface area contributed by atoms with Gasteiger partial charge in [-0.05, 0) is 30.9 Å². The highest BCUT2D eigenvalue weighted by Crippen LogP contribution is 2.46. The molecule has 0 spiro atoms. The Kier molecular flexibility index (Phi) is 4.38. The number of carbonyl (C=O) groups is 1. The Bertz CT molecular complexity index is 670. The zero-order valence-electron chi connectivity index (χ0n) is 13.9. The zero-order chi connectivity index (χ0) is 18.5. The van der Waals surface area contributed by atoms with Crippen LogP contribution in [0.4, 0.5) is 17.6 Å². The number of halogens is 4. The molecule has 2 N–H and O–H groups in total. The third kappa shape index (κ3) is 3.07. The Morgan fingerprint density at radius 2 is 2.04 bits per heavy atom. The van der Waals surface area contributed by atoms with Gasteiger partial charge in [-0.1, -0.05) is 6.07 Å². The molecule has 3 heterocycles. The quantitative estimate of drug-likeness (QED) is 0.777. The van der Waals surface area contributed by atoms with Gasteiger partial charge in [0.25, 0.3) is 0 Å². The topological polar surface area (TPSA) is 57.3 Å². The molecule has 1 aliphatic carbocycles. The average molecular weight is 372 g/mol. The first-order valence-corrected chi connectivity index (χ1v) is 8.76. The second-order valence-corrected chi connectivity index (χ2v) is 7.32. The van der Waals surface area contributed by atoms with Crippen molar-refractivity contribution in [2.24, 2.45) is 11.8 Å². The maximum Gasteiger partial charge on any atom is 0.406 e. The van der Waals surface area contributed by atoms with Crippen LogP contribution >= 0.6 is 0 Å². The Hall–Kier alpha value is -1.74. The first-order valence-electron chi connectivity index (χ1n) is 8.76. The van der Waals surface area contributed by atoms with Crippen LogP contribution in [-0.2, 0) is 4.79 Å². The molecule has 0 radical (unpaired) electrons. The number of fused-ring (bicyclic) bond motifs is 3. The van der Waals surface area contributed by atoms with Crippen LogP contribution < -0.4 is 10.9 Å². The number of likely N-dealkylation sites (tertiary alicyclic amines) is 1. The summed E-state index contributed by atoms with van der Waals surface area (Å²) in [4.78, 5) is 17.8. The van der Waals surface area contributed by atoms with Crippen molar-refractivity contribution >= 4 is 5.91 Å². The molecule has 5 nitrogen and oxygen atoms in total. The second-order valence-electron chi connectivity index (χ2n) is 7.32. The standard InChI is InChI=1S/C17H20F4N4O/c18-12-5-10-14(6-9(12)13-3-1-2-4-22-13)25(8-17(19,20)21)16(26)11-7-23-24-15(10)11/h1-4,9-12,14-15,23-24H,5-8H2. The molecule has 1 aromatic rings. The molecule has 9 heteroatoms. The number of hydrogen-bond donors (Lipinski definition) is 2. The molecule has 3 aliphatic rings. The number of nitrogens with zero attached hydrogens (tertiary/aromatic N) is 2. The number of piperidine rings is 1. The molecule has 1 saturated carbocycles. The van der Waals surface area contributed by atoms with Crippen LogP contribution in [0.5, 0.6) is 0 Å². The van der Waals surface area contributed by atoms with Crippen molar-refractivity contribution < 1.29 is 22.4 Å². The highest BCUT2D eigenvalue weighted by molar-refractivity contribution is 5.82. The smallest absolute Gasteiger partial charge is 0.330 e. The summed E-state index contributed by atoms with van der Waals surface area (Å²) in [5.74, 6) is -2.06. The van der Waals surface area contributed by atoms with E-state index < -0.39 is 42.7 Å². The molecule has 0 aromatic carbocycles. The van der Waals surface area contributed by atoms with Crippen LogP contribution in [0.3, 0.4) is 0 Å². The highest BCUT2D eigenvalue weighted by atomic mass is 19.4. The number of aromatic nitrogens is 1. The number of rotatable bonds is 2. The van der Waals surface area contributed by atoms with Gasteiger partial charge in [-0.3, -0.25) is 20.6 Å². The van der Waals surface area contributed by atoms with Crippen LogP contribution in [-0.4, -0.2) is 53.3 Å². The molecule has 142 valence electrons.